The number of anilines is 4. The summed E-state index contributed by atoms with van der Waals surface area (Å²) in [5.41, 5.74) is 8.74. The first-order valence-electron chi connectivity index (χ1n) is 20.4. The number of likely N-dealkylation sites (N-methyl/N-ethyl adjacent to an activating group) is 2. The van der Waals surface area contributed by atoms with Gasteiger partial charge in [0.2, 0.25) is 11.4 Å². The van der Waals surface area contributed by atoms with E-state index in [2.05, 4.69) is 147 Å². The Hall–Kier alpha value is -7.06. The molecule has 60 heavy (non-hydrogen) atoms. The molecule has 0 aliphatic carbocycles. The minimum Gasteiger partial charge on any atom is -0.463 e. The lowest BCUT2D eigenvalue weighted by molar-refractivity contribution is 0.0581. The lowest BCUT2D eigenvalue weighted by atomic mass is 9.76. The van der Waals surface area contributed by atoms with Crippen molar-refractivity contribution in [1.29, 1.82) is 0 Å². The number of hydrogen-bond acceptors (Lipinski definition) is 6. The lowest BCUT2D eigenvalue weighted by Gasteiger charge is -2.46. The molecule has 8 nitrogen and oxygen atoms in total. The van der Waals surface area contributed by atoms with E-state index in [9.17, 15) is 9.59 Å². The molecule has 10 rings (SSSR count). The highest BCUT2D eigenvalue weighted by molar-refractivity contribution is 6.05. The molecule has 6 aromatic rings. The monoisotopic (exact) mass is 790 g/mol. The second-order valence-corrected chi connectivity index (χ2v) is 17.2. The quantitative estimate of drug-likeness (QED) is 0.181. The third-order valence-corrected chi connectivity index (χ3v) is 13.3. The van der Waals surface area contributed by atoms with Crippen LogP contribution in [0.3, 0.4) is 0 Å². The average Bonchev–Trinajstić information content (AvgIpc) is 3.52. The Bertz CT molecular complexity index is 2620. The number of fused-ring (bicyclic) bond motifs is 4. The molecule has 2 spiro atoms. The molecule has 2 N–H and O–H groups in total. The molecule has 0 saturated carbocycles. The number of carbonyl (C=O) groups is 2. The number of carbonyl (C=O) groups excluding carboxylic acids is 2. The van der Waals surface area contributed by atoms with Crippen molar-refractivity contribution in [3.05, 3.63) is 179 Å². The van der Waals surface area contributed by atoms with Crippen LogP contribution in [0, 0.1) is 0 Å². The third-order valence-electron chi connectivity index (χ3n) is 13.3. The van der Waals surface area contributed by atoms with Crippen LogP contribution in [-0.2, 0) is 10.8 Å². The maximum atomic E-state index is 13.0. The maximum absolute atomic E-state index is 13.0. The highest BCUT2D eigenvalue weighted by Crippen LogP contribution is 2.57. The Morgan fingerprint density at radius 2 is 0.900 bits per heavy atom. The van der Waals surface area contributed by atoms with E-state index in [0.717, 1.165) is 67.6 Å². The first-order valence-corrected chi connectivity index (χ1v) is 20.4. The Balaban J connectivity index is 0.883. The first kappa shape index (κ1) is 37.2. The number of rotatable bonds is 5. The highest BCUT2D eigenvalue weighted by Gasteiger charge is 2.59. The molecule has 2 amide bonds. The summed E-state index contributed by atoms with van der Waals surface area (Å²) in [5.74, 6) is 1.34. The number of nitrogens with zero attached hydrogens (tertiary/aromatic N) is 2. The van der Waals surface area contributed by atoms with Crippen LogP contribution >= 0.6 is 0 Å². The molecule has 0 bridgehead atoms. The van der Waals surface area contributed by atoms with E-state index in [0.29, 0.717) is 11.1 Å². The summed E-state index contributed by atoms with van der Waals surface area (Å²) < 4.78 is 14.0. The molecular weight excluding hydrogens is 745 g/mol. The predicted molar refractivity (Wildman–Crippen MR) is 241 cm³/mol. The summed E-state index contributed by atoms with van der Waals surface area (Å²) in [4.78, 5) is 30.4. The van der Waals surface area contributed by atoms with E-state index in [1.165, 1.54) is 0 Å². The van der Waals surface area contributed by atoms with Gasteiger partial charge < -0.3 is 29.9 Å². The van der Waals surface area contributed by atoms with Gasteiger partial charge in [0.1, 0.15) is 11.5 Å². The molecule has 0 fully saturated rings. The fourth-order valence-electron chi connectivity index (χ4n) is 9.73. The molecule has 298 valence electrons. The molecule has 0 aromatic heterocycles. The van der Waals surface area contributed by atoms with E-state index in [1.54, 1.807) is 0 Å². The zero-order valence-corrected chi connectivity index (χ0v) is 34.5. The van der Waals surface area contributed by atoms with Crippen molar-refractivity contribution in [2.24, 2.45) is 0 Å². The van der Waals surface area contributed by atoms with Gasteiger partial charge in [-0.1, -0.05) is 48.5 Å². The van der Waals surface area contributed by atoms with Crippen LogP contribution in [0.4, 0.5) is 22.7 Å². The van der Waals surface area contributed by atoms with Crippen molar-refractivity contribution in [3.8, 4) is 22.6 Å². The largest absolute Gasteiger partial charge is 0.463 e. The fraction of sp³-hybridized carbons (Fsp3) is 0.192. The number of ether oxygens (including phenoxy) is 2. The topological polar surface area (TPSA) is 83.1 Å². The van der Waals surface area contributed by atoms with Gasteiger partial charge in [0, 0.05) is 59.1 Å². The molecule has 8 heteroatoms. The molecule has 4 heterocycles. The zero-order valence-electron chi connectivity index (χ0n) is 34.5. The number of amides is 2. The van der Waals surface area contributed by atoms with Gasteiger partial charge in [0.05, 0.1) is 10.8 Å². The van der Waals surface area contributed by atoms with E-state index < -0.39 is 22.3 Å². The third kappa shape index (κ3) is 5.43. The normalized spacial score (nSPS) is 20.8. The Labute approximate surface area is 350 Å². The van der Waals surface area contributed by atoms with Crippen molar-refractivity contribution < 1.29 is 19.1 Å². The minimum absolute atomic E-state index is 0.141. The van der Waals surface area contributed by atoms with Crippen molar-refractivity contribution in [1.82, 2.24) is 0 Å². The summed E-state index contributed by atoms with van der Waals surface area (Å²) in [7, 11) is 4.14. The van der Waals surface area contributed by atoms with Gasteiger partial charge in [-0.05, 0) is 159 Å². The molecular formula is C52H46N4O4. The van der Waals surface area contributed by atoms with Crippen LogP contribution in [0.15, 0.2) is 146 Å². The summed E-state index contributed by atoms with van der Waals surface area (Å²) in [5, 5.41) is 6.16. The van der Waals surface area contributed by atoms with E-state index in [4.69, 9.17) is 9.47 Å². The van der Waals surface area contributed by atoms with Crippen molar-refractivity contribution in [3.63, 3.8) is 0 Å². The maximum Gasteiger partial charge on any atom is 0.255 e. The lowest BCUT2D eigenvalue weighted by Crippen LogP contribution is -2.58. The van der Waals surface area contributed by atoms with Gasteiger partial charge in [-0.3, -0.25) is 9.59 Å². The van der Waals surface area contributed by atoms with Crippen LogP contribution in [0.1, 0.15) is 70.7 Å². The number of hydrogen-bond donors (Lipinski definition) is 2. The van der Waals surface area contributed by atoms with Crippen molar-refractivity contribution in [2.45, 2.75) is 50.0 Å². The Morgan fingerprint density at radius 1 is 0.500 bits per heavy atom. The zero-order chi connectivity index (χ0) is 41.6. The molecule has 0 saturated heterocycles. The average molecular weight is 791 g/mol. The second-order valence-electron chi connectivity index (χ2n) is 17.2. The van der Waals surface area contributed by atoms with Crippen molar-refractivity contribution in [2.75, 3.05) is 34.5 Å². The molecule has 2 atom stereocenters. The number of benzene rings is 6. The smallest absolute Gasteiger partial charge is 0.255 e. The first-order chi connectivity index (χ1) is 28.8. The van der Waals surface area contributed by atoms with Gasteiger partial charge in [-0.15, -0.1) is 0 Å². The van der Waals surface area contributed by atoms with Gasteiger partial charge in [0.25, 0.3) is 11.8 Å². The van der Waals surface area contributed by atoms with Crippen LogP contribution in [0.2, 0.25) is 0 Å². The van der Waals surface area contributed by atoms with E-state index in [1.807, 2.05) is 72.8 Å². The summed E-state index contributed by atoms with van der Waals surface area (Å²) in [6.45, 7) is 8.78. The predicted octanol–water partition coefficient (Wildman–Crippen LogP) is 10.9. The standard InChI is InChI=1S/C52H46N4O4/c1-49(2)41-31-39(53-47(57)33-13-9-7-10-14-33)19-21-43(41)55(5)51(49)27-25-37-29-35(17-23-45(37)59-51)36-18-24-46-38(30-36)26-28-52(60-46)50(3,4)42-32-40(20-22-44(42)56(52)6)54-48(58)34-15-11-8-12-16-34/h7-32H,1-6H3,(H,53,57)(H,54,58). The van der Waals surface area contributed by atoms with Crippen LogP contribution in [0.25, 0.3) is 23.3 Å². The van der Waals surface area contributed by atoms with Crippen LogP contribution < -0.4 is 29.9 Å². The molecule has 4 aliphatic rings. The fourth-order valence-corrected chi connectivity index (χ4v) is 9.73. The van der Waals surface area contributed by atoms with Gasteiger partial charge in [-0.25, -0.2) is 0 Å². The second kappa shape index (κ2) is 13.2. The Morgan fingerprint density at radius 3 is 1.30 bits per heavy atom. The van der Waals surface area contributed by atoms with Gasteiger partial charge >= 0.3 is 0 Å². The summed E-state index contributed by atoms with van der Waals surface area (Å²) in [6, 6.07) is 43.4. The summed E-state index contributed by atoms with van der Waals surface area (Å²) in [6.07, 6.45) is 8.68. The molecule has 4 aliphatic heterocycles. The van der Waals surface area contributed by atoms with Gasteiger partial charge in [-0.2, -0.15) is 0 Å². The molecule has 6 aromatic carbocycles. The highest BCUT2D eigenvalue weighted by atomic mass is 16.5. The van der Waals surface area contributed by atoms with Gasteiger partial charge in [0.15, 0.2) is 0 Å². The SMILES string of the molecule is CN1c2ccc(NC(=O)c3ccccc3)cc2C(C)(C)C12C=Cc1cc(-c3ccc4c(c3)C=CC3(O4)N(C)c4ccc(NC(=O)c5ccccc5)cc4C3(C)C)ccc1O2. The molecule has 2 unspecified atom stereocenters. The van der Waals surface area contributed by atoms with E-state index in [-0.39, 0.29) is 11.8 Å². The van der Waals surface area contributed by atoms with Crippen molar-refractivity contribution >= 4 is 46.7 Å². The number of nitrogens with one attached hydrogen (secondary N) is 2. The summed E-state index contributed by atoms with van der Waals surface area (Å²) >= 11 is 0. The van der Waals surface area contributed by atoms with Crippen LogP contribution in [0.5, 0.6) is 11.5 Å². The van der Waals surface area contributed by atoms with E-state index >= 15 is 0 Å². The van der Waals surface area contributed by atoms with Crippen LogP contribution in [-0.4, -0.2) is 37.4 Å². The molecule has 0 radical (unpaired) electrons. The Kier molecular flexibility index (Phi) is 8.21. The minimum atomic E-state index is -0.770.